The van der Waals surface area contributed by atoms with Gasteiger partial charge in [-0.15, -0.1) is 11.3 Å². The molecule has 1 fully saturated rings. The van der Waals surface area contributed by atoms with Crippen LogP contribution in [-0.2, 0) is 11.3 Å². The maximum absolute atomic E-state index is 13.3. The maximum Gasteiger partial charge on any atom is 0.285 e. The average molecular weight is 583 g/mol. The number of ether oxygens (including phenoxy) is 2. The minimum atomic E-state index is -0.570. The van der Waals surface area contributed by atoms with Crippen LogP contribution in [0.5, 0.6) is 5.75 Å². The van der Waals surface area contributed by atoms with Crippen LogP contribution in [0.4, 0.5) is 11.5 Å². The summed E-state index contributed by atoms with van der Waals surface area (Å²) >= 11 is 19.8. The van der Waals surface area contributed by atoms with Gasteiger partial charge in [-0.3, -0.25) is 15.0 Å². The lowest BCUT2D eigenvalue weighted by molar-refractivity contribution is 0.102. The first-order chi connectivity index (χ1) is 17.6. The maximum atomic E-state index is 13.3. The predicted molar refractivity (Wildman–Crippen MR) is 146 cm³/mol. The van der Waals surface area contributed by atoms with Gasteiger partial charge < -0.3 is 25.0 Å². The van der Waals surface area contributed by atoms with Gasteiger partial charge in [0.1, 0.15) is 22.5 Å². The van der Waals surface area contributed by atoms with Crippen LogP contribution < -0.4 is 15.4 Å². The molecule has 0 aliphatic carbocycles. The first-order valence-corrected chi connectivity index (χ1v) is 13.0. The Kier molecular flexibility index (Phi) is 8.13. The van der Waals surface area contributed by atoms with E-state index in [2.05, 4.69) is 15.6 Å². The van der Waals surface area contributed by atoms with Gasteiger partial charge in [-0.1, -0.05) is 34.8 Å². The van der Waals surface area contributed by atoms with Crippen molar-refractivity contribution in [2.75, 3.05) is 17.7 Å². The second-order valence-corrected chi connectivity index (χ2v) is 10.3. The van der Waals surface area contributed by atoms with E-state index in [0.717, 1.165) is 11.3 Å². The van der Waals surface area contributed by atoms with Crippen molar-refractivity contribution < 1.29 is 19.1 Å². The van der Waals surface area contributed by atoms with Crippen LogP contribution in [0.1, 0.15) is 39.4 Å². The Balaban J connectivity index is 1.59. The second-order valence-electron chi connectivity index (χ2n) is 8.20. The Labute approximate surface area is 232 Å². The fourth-order valence-corrected chi connectivity index (χ4v) is 5.24. The number of amides is 2. The summed E-state index contributed by atoms with van der Waals surface area (Å²) in [6, 6.07) is 6.06. The van der Waals surface area contributed by atoms with Crippen molar-refractivity contribution in [3.05, 3.63) is 66.9 Å². The molecule has 3 heterocycles. The molecule has 194 valence electrons. The minimum Gasteiger partial charge on any atom is -0.494 e. The van der Waals surface area contributed by atoms with E-state index in [1.54, 1.807) is 22.4 Å². The monoisotopic (exact) mass is 581 g/mol. The van der Waals surface area contributed by atoms with Gasteiger partial charge in [0.2, 0.25) is 0 Å². The molecule has 37 heavy (non-hydrogen) atoms. The van der Waals surface area contributed by atoms with Crippen molar-refractivity contribution in [1.82, 2.24) is 9.88 Å². The van der Waals surface area contributed by atoms with E-state index in [1.807, 2.05) is 13.8 Å². The number of halogens is 3. The molecule has 0 unspecified atom stereocenters. The number of thiophene rings is 1. The molecule has 0 saturated carbocycles. The van der Waals surface area contributed by atoms with Crippen molar-refractivity contribution in [3.8, 4) is 5.75 Å². The number of carbonyl (C=O) groups is 2. The molecular formula is C24H22Cl3N5O4S. The van der Waals surface area contributed by atoms with E-state index in [1.165, 1.54) is 25.4 Å². The Morgan fingerprint density at radius 1 is 1.16 bits per heavy atom. The molecule has 1 saturated heterocycles. The Hall–Kier alpha value is -3.05. The zero-order valence-corrected chi connectivity index (χ0v) is 23.0. The van der Waals surface area contributed by atoms with Crippen LogP contribution in [0.3, 0.4) is 0 Å². The number of rotatable bonds is 7. The molecule has 0 radical (unpaired) electrons. The van der Waals surface area contributed by atoms with Crippen molar-refractivity contribution in [2.45, 2.75) is 32.5 Å². The van der Waals surface area contributed by atoms with Crippen molar-refractivity contribution in [1.29, 1.82) is 5.41 Å². The van der Waals surface area contributed by atoms with Crippen LogP contribution in [0.2, 0.25) is 15.1 Å². The predicted octanol–water partition coefficient (Wildman–Crippen LogP) is 6.16. The highest BCUT2D eigenvalue weighted by molar-refractivity contribution is 7.13. The zero-order valence-electron chi connectivity index (χ0n) is 19.9. The highest BCUT2D eigenvalue weighted by atomic mass is 35.5. The largest absolute Gasteiger partial charge is 0.494 e. The molecule has 1 aromatic carbocycles. The topological polar surface area (TPSA) is 117 Å². The molecule has 3 aromatic rings. The molecule has 2 aromatic heterocycles. The Bertz CT molecular complexity index is 1370. The van der Waals surface area contributed by atoms with Gasteiger partial charge in [-0.05, 0) is 37.4 Å². The number of benzene rings is 1. The van der Waals surface area contributed by atoms with Gasteiger partial charge >= 0.3 is 0 Å². The van der Waals surface area contributed by atoms with E-state index in [4.69, 9.17) is 49.7 Å². The summed E-state index contributed by atoms with van der Waals surface area (Å²) in [6.45, 7) is 4.17. The van der Waals surface area contributed by atoms with Gasteiger partial charge in [-0.2, -0.15) is 0 Å². The van der Waals surface area contributed by atoms with E-state index in [0.29, 0.717) is 17.1 Å². The second kappa shape index (κ2) is 11.1. The normalized spacial score (nSPS) is 16.9. The molecule has 4 rings (SSSR count). The fourth-order valence-electron chi connectivity index (χ4n) is 3.67. The summed E-state index contributed by atoms with van der Waals surface area (Å²) < 4.78 is 10.9. The number of methoxy groups -OCH3 is 1. The van der Waals surface area contributed by atoms with Crippen molar-refractivity contribution in [2.24, 2.45) is 0 Å². The summed E-state index contributed by atoms with van der Waals surface area (Å²) in [5, 5.41) is 16.1. The highest BCUT2D eigenvalue weighted by Gasteiger charge is 2.34. The van der Waals surface area contributed by atoms with E-state index < -0.39 is 11.8 Å². The Morgan fingerprint density at radius 3 is 2.54 bits per heavy atom. The number of anilines is 2. The van der Waals surface area contributed by atoms with Crippen LogP contribution in [0.15, 0.2) is 35.8 Å². The number of hydrogen-bond acceptors (Lipinski definition) is 7. The number of hydrogen-bond donors (Lipinski definition) is 3. The number of nitrogens with one attached hydrogen (secondary N) is 3. The lowest BCUT2D eigenvalue weighted by atomic mass is 10.1. The Morgan fingerprint density at radius 2 is 1.92 bits per heavy atom. The molecule has 13 heteroatoms. The number of carbonyl (C=O) groups excluding carboxylic acids is 2. The summed E-state index contributed by atoms with van der Waals surface area (Å²) in [4.78, 5) is 32.5. The van der Waals surface area contributed by atoms with Gasteiger partial charge in [0, 0.05) is 22.8 Å². The standard InChI is InChI=1S/C24H22Cl3N5O4S/c1-11-12(2)36-24(28)32(11)9-13-10-37-21(19(13)27)23(34)31-20-16(6-15(26)7-17(20)35-3)22(33)30-18-5-4-14(25)8-29-18/h4-8,10-12,28H,9H2,1-3H3,(H,31,34)(H,29,30,33)/t11-,12-/m1/s1. The third kappa shape index (κ3) is 5.77. The quantitative estimate of drug-likeness (QED) is 0.307. The number of nitrogens with zero attached hydrogens (tertiary/aromatic N) is 2. The first kappa shape index (κ1) is 27.0. The van der Waals surface area contributed by atoms with Crippen molar-refractivity contribution in [3.63, 3.8) is 0 Å². The SMILES string of the molecule is COc1cc(Cl)cc(C(=O)Nc2ccc(Cl)cn2)c1NC(=O)c1scc(CN2C(=N)O[C@H](C)[C@H]2C)c1Cl. The molecule has 2 atom stereocenters. The van der Waals surface area contributed by atoms with Crippen molar-refractivity contribution >= 4 is 75.5 Å². The molecule has 0 bridgehead atoms. The smallest absolute Gasteiger partial charge is 0.285 e. The number of amidine groups is 1. The lowest BCUT2D eigenvalue weighted by Crippen LogP contribution is -2.32. The summed E-state index contributed by atoms with van der Waals surface area (Å²) in [5.74, 6) is -0.653. The molecular weight excluding hydrogens is 561 g/mol. The average Bonchev–Trinajstić information content (AvgIpc) is 3.34. The van der Waals surface area contributed by atoms with Gasteiger partial charge in [0.15, 0.2) is 0 Å². The van der Waals surface area contributed by atoms with Crippen LogP contribution in [0.25, 0.3) is 0 Å². The molecule has 1 aliphatic heterocycles. The number of pyridine rings is 1. The zero-order chi connectivity index (χ0) is 26.9. The van der Waals surface area contributed by atoms with Crippen LogP contribution in [0, 0.1) is 5.41 Å². The molecule has 9 nitrogen and oxygen atoms in total. The fraction of sp³-hybridized carbons (Fsp3) is 0.250. The van der Waals surface area contributed by atoms with Gasteiger partial charge in [0.05, 0.1) is 41.0 Å². The minimum absolute atomic E-state index is 0.0183. The van der Waals surface area contributed by atoms with Gasteiger partial charge in [0.25, 0.3) is 17.8 Å². The molecule has 0 spiro atoms. The van der Waals surface area contributed by atoms with Gasteiger partial charge in [-0.25, -0.2) is 4.98 Å². The molecule has 3 N–H and O–H groups in total. The summed E-state index contributed by atoms with van der Waals surface area (Å²) in [5.41, 5.74) is 0.861. The summed E-state index contributed by atoms with van der Waals surface area (Å²) in [7, 11) is 1.40. The van der Waals surface area contributed by atoms with E-state index in [-0.39, 0.29) is 55.9 Å². The molecule has 1 aliphatic rings. The first-order valence-electron chi connectivity index (χ1n) is 11.0. The van der Waals surface area contributed by atoms with Crippen LogP contribution in [-0.4, -0.2) is 47.0 Å². The van der Waals surface area contributed by atoms with Crippen LogP contribution >= 0.6 is 46.1 Å². The number of aromatic nitrogens is 1. The highest BCUT2D eigenvalue weighted by Crippen LogP contribution is 2.36. The van der Waals surface area contributed by atoms with E-state index in [9.17, 15) is 9.59 Å². The molecule has 2 amide bonds. The van der Waals surface area contributed by atoms with E-state index >= 15 is 0 Å². The third-order valence-corrected chi connectivity index (χ3v) is 7.83. The third-order valence-electron chi connectivity index (χ3n) is 5.82. The lowest BCUT2D eigenvalue weighted by Gasteiger charge is -2.20. The summed E-state index contributed by atoms with van der Waals surface area (Å²) in [6.07, 6.45) is 1.27.